The first-order chi connectivity index (χ1) is 24.7. The van der Waals surface area contributed by atoms with Gasteiger partial charge in [-0.3, -0.25) is 4.99 Å². The molecule has 1 unspecified atom stereocenters. The number of aliphatic imine (C=N–C) groups is 1. The van der Waals surface area contributed by atoms with Crippen molar-refractivity contribution in [2.75, 3.05) is 0 Å². The van der Waals surface area contributed by atoms with Gasteiger partial charge in [0.1, 0.15) is 0 Å². The van der Waals surface area contributed by atoms with Crippen molar-refractivity contribution in [2.24, 2.45) is 4.99 Å². The van der Waals surface area contributed by atoms with Gasteiger partial charge in [0.2, 0.25) is 0 Å². The lowest BCUT2D eigenvalue weighted by atomic mass is 9.62. The smallest absolute Gasteiger partial charge is 0.0776 e. The summed E-state index contributed by atoms with van der Waals surface area (Å²) in [6.45, 7) is 7.25. The first-order valence-corrected chi connectivity index (χ1v) is 17.5. The molecule has 2 aliphatic rings. The Balaban J connectivity index is 1.42. The molecule has 8 aromatic rings. The summed E-state index contributed by atoms with van der Waals surface area (Å²) in [5, 5.41) is 4.91. The van der Waals surface area contributed by atoms with Crippen LogP contribution in [0.4, 0.5) is 0 Å². The minimum absolute atomic E-state index is 0.667. The number of benzene rings is 7. The van der Waals surface area contributed by atoms with Crippen molar-refractivity contribution in [1.82, 2.24) is 4.57 Å². The van der Waals surface area contributed by atoms with Crippen molar-refractivity contribution in [3.05, 3.63) is 209 Å². The predicted molar refractivity (Wildman–Crippen MR) is 210 cm³/mol. The van der Waals surface area contributed by atoms with E-state index >= 15 is 0 Å². The number of nitrogens with zero attached hydrogens (tertiary/aromatic N) is 2. The monoisotopic (exact) mass is 638 g/mol. The highest BCUT2D eigenvalue weighted by Crippen LogP contribution is 2.63. The van der Waals surface area contributed by atoms with Crippen molar-refractivity contribution in [2.45, 2.75) is 18.8 Å². The fourth-order valence-corrected chi connectivity index (χ4v) is 8.95. The number of aromatic nitrogens is 1. The zero-order chi connectivity index (χ0) is 33.4. The first-order valence-electron chi connectivity index (χ1n) is 17.5. The van der Waals surface area contributed by atoms with E-state index in [4.69, 9.17) is 11.6 Å². The summed E-state index contributed by atoms with van der Waals surface area (Å²) in [7, 11) is 0. The molecule has 50 heavy (non-hydrogen) atoms. The SMILES string of the molecule is C=C(C1=C(/N=C(\CC)c2ccccc2)c2ccccc2C12c1ccccc1-n1c3ccccc3c3cccc2c31)c1cccc2ccccc12. The fraction of sp³-hybridized carbons (Fsp3) is 0.0625. The molecule has 0 amide bonds. The van der Waals surface area contributed by atoms with Gasteiger partial charge in [-0.1, -0.05) is 165 Å². The van der Waals surface area contributed by atoms with Gasteiger partial charge in [0.25, 0.3) is 0 Å². The van der Waals surface area contributed by atoms with Gasteiger partial charge in [0.05, 0.1) is 27.8 Å². The van der Waals surface area contributed by atoms with Crippen LogP contribution in [-0.4, -0.2) is 10.3 Å². The zero-order valence-corrected chi connectivity index (χ0v) is 27.9. The van der Waals surface area contributed by atoms with Gasteiger partial charge in [-0.15, -0.1) is 0 Å². The highest BCUT2D eigenvalue weighted by atomic mass is 15.0. The molecule has 2 heterocycles. The highest BCUT2D eigenvalue weighted by Gasteiger charge is 2.53. The lowest BCUT2D eigenvalue weighted by molar-refractivity contribution is 0.746. The highest BCUT2D eigenvalue weighted by molar-refractivity contribution is 6.15. The molecule has 1 aromatic heterocycles. The van der Waals surface area contributed by atoms with Crippen LogP contribution in [0.1, 0.15) is 46.7 Å². The second kappa shape index (κ2) is 10.9. The van der Waals surface area contributed by atoms with Crippen LogP contribution in [0.3, 0.4) is 0 Å². The minimum atomic E-state index is -0.667. The molecule has 1 spiro atoms. The normalized spacial score (nSPS) is 16.4. The van der Waals surface area contributed by atoms with Crippen LogP contribution >= 0.6 is 0 Å². The van der Waals surface area contributed by atoms with Gasteiger partial charge in [-0.2, -0.15) is 0 Å². The molecule has 7 aromatic carbocycles. The van der Waals surface area contributed by atoms with Crippen LogP contribution in [0.2, 0.25) is 0 Å². The maximum Gasteiger partial charge on any atom is 0.0776 e. The Labute approximate surface area is 292 Å². The Morgan fingerprint density at radius 2 is 1.24 bits per heavy atom. The molecule has 0 N–H and O–H groups in total. The van der Waals surface area contributed by atoms with E-state index < -0.39 is 5.41 Å². The molecule has 0 saturated carbocycles. The van der Waals surface area contributed by atoms with E-state index in [1.165, 1.54) is 55.0 Å². The number of fused-ring (bicyclic) bond motifs is 10. The summed E-state index contributed by atoms with van der Waals surface area (Å²) in [5.41, 5.74) is 14.4. The summed E-state index contributed by atoms with van der Waals surface area (Å²) >= 11 is 0. The summed E-state index contributed by atoms with van der Waals surface area (Å²) in [6, 6.07) is 59.5. The number of hydrogen-bond acceptors (Lipinski definition) is 1. The predicted octanol–water partition coefficient (Wildman–Crippen LogP) is 11.9. The molecule has 2 heteroatoms. The van der Waals surface area contributed by atoms with E-state index in [1.807, 2.05) is 0 Å². The lowest BCUT2D eigenvalue weighted by Crippen LogP contribution is -2.35. The van der Waals surface area contributed by atoms with Crippen LogP contribution in [0.15, 0.2) is 181 Å². The maximum absolute atomic E-state index is 5.73. The zero-order valence-electron chi connectivity index (χ0n) is 27.9. The van der Waals surface area contributed by atoms with E-state index in [0.29, 0.717) is 0 Å². The minimum Gasteiger partial charge on any atom is -0.309 e. The second-order valence-electron chi connectivity index (χ2n) is 13.4. The van der Waals surface area contributed by atoms with Gasteiger partial charge < -0.3 is 4.57 Å². The van der Waals surface area contributed by atoms with Crippen molar-refractivity contribution in [3.8, 4) is 5.69 Å². The molecular formula is C48H34N2. The van der Waals surface area contributed by atoms with Crippen LogP contribution in [0.5, 0.6) is 0 Å². The maximum atomic E-state index is 5.73. The molecule has 236 valence electrons. The van der Waals surface area contributed by atoms with Crippen molar-refractivity contribution in [1.29, 1.82) is 0 Å². The van der Waals surface area contributed by atoms with Gasteiger partial charge in [-0.25, -0.2) is 0 Å². The van der Waals surface area contributed by atoms with Crippen LogP contribution in [0, 0.1) is 0 Å². The number of para-hydroxylation sites is 3. The Bertz CT molecular complexity index is 2750. The number of rotatable bonds is 5. The van der Waals surface area contributed by atoms with E-state index in [1.54, 1.807) is 0 Å². The molecule has 1 aliphatic heterocycles. The summed E-state index contributed by atoms with van der Waals surface area (Å²) in [6.07, 6.45) is 0.803. The molecular weight excluding hydrogens is 605 g/mol. The number of allylic oxidation sites excluding steroid dienone is 2. The van der Waals surface area contributed by atoms with Gasteiger partial charge in [0, 0.05) is 27.6 Å². The van der Waals surface area contributed by atoms with Crippen molar-refractivity contribution in [3.63, 3.8) is 0 Å². The Kier molecular flexibility index (Phi) is 6.25. The topological polar surface area (TPSA) is 17.3 Å². The Hall–Kier alpha value is -6.25. The average Bonchev–Trinajstić information content (AvgIpc) is 3.67. The van der Waals surface area contributed by atoms with E-state index in [2.05, 4.69) is 175 Å². The van der Waals surface area contributed by atoms with Crippen LogP contribution in [0.25, 0.3) is 49.5 Å². The van der Waals surface area contributed by atoms with Crippen molar-refractivity contribution >= 4 is 49.6 Å². The lowest BCUT2D eigenvalue weighted by Gasteiger charge is -2.41. The van der Waals surface area contributed by atoms with Crippen LogP contribution < -0.4 is 0 Å². The fourth-order valence-electron chi connectivity index (χ4n) is 8.95. The van der Waals surface area contributed by atoms with Crippen molar-refractivity contribution < 1.29 is 0 Å². The molecule has 0 radical (unpaired) electrons. The van der Waals surface area contributed by atoms with E-state index in [0.717, 1.165) is 45.7 Å². The molecule has 0 fully saturated rings. The first kappa shape index (κ1) is 28.7. The third-order valence-corrected chi connectivity index (χ3v) is 11.0. The van der Waals surface area contributed by atoms with Crippen LogP contribution in [-0.2, 0) is 5.41 Å². The molecule has 10 rings (SSSR count). The Morgan fingerprint density at radius 1 is 0.600 bits per heavy atom. The number of hydrogen-bond donors (Lipinski definition) is 0. The van der Waals surface area contributed by atoms with E-state index in [-0.39, 0.29) is 0 Å². The molecule has 2 nitrogen and oxygen atoms in total. The third-order valence-electron chi connectivity index (χ3n) is 11.0. The molecule has 1 aliphatic carbocycles. The van der Waals surface area contributed by atoms with Gasteiger partial charge in [0.15, 0.2) is 0 Å². The largest absolute Gasteiger partial charge is 0.309 e. The average molecular weight is 639 g/mol. The molecule has 0 saturated heterocycles. The Morgan fingerprint density at radius 3 is 2.10 bits per heavy atom. The summed E-state index contributed by atoms with van der Waals surface area (Å²) < 4.78 is 2.49. The standard InChI is InChI=1S/C48H34N2/c1-3-42(33-18-5-4-6-19-33)49-46-38-23-9-11-26-39(38)48(45(46)31(2)34-24-15-20-32-17-7-8-21-35(32)34)40-27-12-14-30-44(40)50-43-29-13-10-22-36(43)37-25-16-28-41(48)47(37)50/h4-30H,2-3H2,1H3/b49-42+. The quantitative estimate of drug-likeness (QED) is 0.167. The van der Waals surface area contributed by atoms with Gasteiger partial charge >= 0.3 is 0 Å². The third kappa shape index (κ3) is 3.76. The van der Waals surface area contributed by atoms with Gasteiger partial charge in [-0.05, 0) is 62.7 Å². The van der Waals surface area contributed by atoms with E-state index in [9.17, 15) is 0 Å². The second-order valence-corrected chi connectivity index (χ2v) is 13.4. The molecule has 1 atom stereocenters. The summed E-state index contributed by atoms with van der Waals surface area (Å²) in [4.78, 5) is 5.73. The molecule has 0 bridgehead atoms. The summed E-state index contributed by atoms with van der Waals surface area (Å²) in [5.74, 6) is 0.